The molecule has 0 bridgehead atoms. The van der Waals surface area contributed by atoms with E-state index in [9.17, 15) is 4.79 Å². The minimum atomic E-state index is -0.711. The van der Waals surface area contributed by atoms with Gasteiger partial charge in [0.15, 0.2) is 5.79 Å². The SMILES string of the molecule is COC(C)(CCC(=O)OC(C)(C)C)OC. The average molecular weight is 218 g/mol. The van der Waals surface area contributed by atoms with Crippen molar-refractivity contribution >= 4 is 5.97 Å². The lowest BCUT2D eigenvalue weighted by atomic mass is 10.1. The van der Waals surface area contributed by atoms with Gasteiger partial charge in [-0.15, -0.1) is 0 Å². The van der Waals surface area contributed by atoms with Crippen LogP contribution in [0.3, 0.4) is 0 Å². The van der Waals surface area contributed by atoms with Crippen LogP contribution in [0.5, 0.6) is 0 Å². The number of carbonyl (C=O) groups excluding carboxylic acids is 1. The molecule has 0 unspecified atom stereocenters. The highest BCUT2D eigenvalue weighted by Gasteiger charge is 2.25. The minimum Gasteiger partial charge on any atom is -0.460 e. The third-order valence-electron chi connectivity index (χ3n) is 2.07. The molecule has 0 aromatic heterocycles. The van der Waals surface area contributed by atoms with Crippen LogP contribution in [0.15, 0.2) is 0 Å². The third-order valence-corrected chi connectivity index (χ3v) is 2.07. The van der Waals surface area contributed by atoms with E-state index in [0.29, 0.717) is 6.42 Å². The summed E-state index contributed by atoms with van der Waals surface area (Å²) in [6.07, 6.45) is 0.768. The predicted molar refractivity (Wildman–Crippen MR) is 57.5 cm³/mol. The monoisotopic (exact) mass is 218 g/mol. The van der Waals surface area contributed by atoms with Crippen LogP contribution in [0.25, 0.3) is 0 Å². The number of carbonyl (C=O) groups is 1. The number of hydrogen-bond acceptors (Lipinski definition) is 4. The molecule has 0 fully saturated rings. The highest BCUT2D eigenvalue weighted by Crippen LogP contribution is 2.18. The first-order valence-electron chi connectivity index (χ1n) is 5.04. The summed E-state index contributed by atoms with van der Waals surface area (Å²) in [4.78, 5) is 11.4. The van der Waals surface area contributed by atoms with Gasteiger partial charge in [0.2, 0.25) is 0 Å². The molecule has 0 aliphatic heterocycles. The van der Waals surface area contributed by atoms with Gasteiger partial charge in [0.05, 0.1) is 6.42 Å². The minimum absolute atomic E-state index is 0.233. The highest BCUT2D eigenvalue weighted by atomic mass is 16.7. The number of ether oxygens (including phenoxy) is 3. The normalized spacial score (nSPS) is 12.7. The van der Waals surface area contributed by atoms with E-state index in [2.05, 4.69) is 0 Å². The molecule has 90 valence electrons. The fourth-order valence-electron chi connectivity index (χ4n) is 1.01. The van der Waals surface area contributed by atoms with Crippen molar-refractivity contribution in [3.05, 3.63) is 0 Å². The van der Waals surface area contributed by atoms with Crippen molar-refractivity contribution in [3.63, 3.8) is 0 Å². The Morgan fingerprint density at radius 2 is 1.53 bits per heavy atom. The summed E-state index contributed by atoms with van der Waals surface area (Å²) < 4.78 is 15.4. The summed E-state index contributed by atoms with van der Waals surface area (Å²) in [5, 5.41) is 0. The lowest BCUT2D eigenvalue weighted by Crippen LogP contribution is -2.31. The van der Waals surface area contributed by atoms with Gasteiger partial charge in [0.1, 0.15) is 5.60 Å². The molecule has 0 atom stereocenters. The molecule has 0 aliphatic carbocycles. The molecule has 0 radical (unpaired) electrons. The molecule has 0 spiro atoms. The summed E-state index contributed by atoms with van der Waals surface area (Å²) in [6.45, 7) is 7.32. The molecule has 0 aromatic rings. The van der Waals surface area contributed by atoms with Gasteiger partial charge in [-0.1, -0.05) is 0 Å². The molecule has 4 heteroatoms. The summed E-state index contributed by atoms with van der Waals surface area (Å²) in [5.74, 6) is -0.945. The topological polar surface area (TPSA) is 44.8 Å². The molecule has 0 rings (SSSR count). The number of methoxy groups -OCH3 is 2. The smallest absolute Gasteiger partial charge is 0.306 e. The van der Waals surface area contributed by atoms with Gasteiger partial charge in [0.25, 0.3) is 0 Å². The zero-order valence-corrected chi connectivity index (χ0v) is 10.5. The van der Waals surface area contributed by atoms with E-state index < -0.39 is 11.4 Å². The highest BCUT2D eigenvalue weighted by molar-refractivity contribution is 5.69. The molecule has 0 saturated heterocycles. The molecule has 15 heavy (non-hydrogen) atoms. The maximum Gasteiger partial charge on any atom is 0.306 e. The lowest BCUT2D eigenvalue weighted by molar-refractivity contribution is -0.201. The largest absolute Gasteiger partial charge is 0.460 e. The van der Waals surface area contributed by atoms with E-state index in [4.69, 9.17) is 14.2 Å². The molecule has 0 aliphatic rings. The third kappa shape index (κ3) is 6.47. The Morgan fingerprint density at radius 1 is 1.07 bits per heavy atom. The van der Waals surface area contributed by atoms with E-state index in [0.717, 1.165) is 0 Å². The van der Waals surface area contributed by atoms with Crippen LogP contribution in [0.2, 0.25) is 0 Å². The van der Waals surface area contributed by atoms with Gasteiger partial charge in [-0.3, -0.25) is 4.79 Å². The maximum atomic E-state index is 11.4. The van der Waals surface area contributed by atoms with Crippen molar-refractivity contribution in [2.75, 3.05) is 14.2 Å². The molecule has 0 saturated carbocycles. The molecule has 4 nitrogen and oxygen atoms in total. The average Bonchev–Trinajstić information content (AvgIpc) is 2.12. The predicted octanol–water partition coefficient (Wildman–Crippen LogP) is 2.12. The molecule has 0 amide bonds. The quantitative estimate of drug-likeness (QED) is 0.523. The summed E-state index contributed by atoms with van der Waals surface area (Å²) in [7, 11) is 3.11. The molecule has 0 N–H and O–H groups in total. The Kier molecular flexibility index (Phi) is 5.24. The Bertz CT molecular complexity index is 201. The van der Waals surface area contributed by atoms with Crippen LogP contribution >= 0.6 is 0 Å². The van der Waals surface area contributed by atoms with Gasteiger partial charge >= 0.3 is 5.97 Å². The van der Waals surface area contributed by atoms with Gasteiger partial charge in [-0.25, -0.2) is 0 Å². The second kappa shape index (κ2) is 5.47. The van der Waals surface area contributed by atoms with Gasteiger partial charge in [0, 0.05) is 20.6 Å². The second-order valence-corrected chi connectivity index (χ2v) is 4.63. The number of hydrogen-bond donors (Lipinski definition) is 0. The van der Waals surface area contributed by atoms with Crippen molar-refractivity contribution in [1.29, 1.82) is 0 Å². The first-order chi connectivity index (χ1) is 6.72. The van der Waals surface area contributed by atoms with E-state index in [-0.39, 0.29) is 12.4 Å². The van der Waals surface area contributed by atoms with Crippen molar-refractivity contribution in [1.82, 2.24) is 0 Å². The number of rotatable bonds is 5. The van der Waals surface area contributed by atoms with Crippen LogP contribution in [-0.2, 0) is 19.0 Å². The van der Waals surface area contributed by atoms with E-state index in [1.807, 2.05) is 20.8 Å². The van der Waals surface area contributed by atoms with E-state index in [1.165, 1.54) is 0 Å². The van der Waals surface area contributed by atoms with Crippen LogP contribution < -0.4 is 0 Å². The first-order valence-corrected chi connectivity index (χ1v) is 5.04. The fourth-order valence-corrected chi connectivity index (χ4v) is 1.01. The Morgan fingerprint density at radius 3 is 1.87 bits per heavy atom. The molecule has 0 heterocycles. The molecule has 0 aromatic carbocycles. The van der Waals surface area contributed by atoms with Gasteiger partial charge in [-0.05, 0) is 27.7 Å². The summed E-state index contributed by atoms with van der Waals surface area (Å²) in [5.41, 5.74) is -0.437. The number of esters is 1. The van der Waals surface area contributed by atoms with Crippen molar-refractivity contribution < 1.29 is 19.0 Å². The van der Waals surface area contributed by atoms with Crippen LogP contribution in [-0.4, -0.2) is 31.6 Å². The Hall–Kier alpha value is -0.610. The first kappa shape index (κ1) is 14.4. The van der Waals surface area contributed by atoms with Crippen LogP contribution in [0, 0.1) is 0 Å². The second-order valence-electron chi connectivity index (χ2n) is 4.63. The van der Waals surface area contributed by atoms with Crippen LogP contribution in [0.4, 0.5) is 0 Å². The molecular weight excluding hydrogens is 196 g/mol. The standard InChI is InChI=1S/C11H22O4/c1-10(2,3)15-9(12)7-8-11(4,13-5)14-6/h7-8H2,1-6H3. The maximum absolute atomic E-state index is 11.4. The Balaban J connectivity index is 4.00. The summed E-state index contributed by atoms with van der Waals surface area (Å²) in [6, 6.07) is 0. The van der Waals surface area contributed by atoms with Gasteiger partial charge in [-0.2, -0.15) is 0 Å². The van der Waals surface area contributed by atoms with E-state index >= 15 is 0 Å². The zero-order valence-electron chi connectivity index (χ0n) is 10.5. The van der Waals surface area contributed by atoms with Crippen molar-refractivity contribution in [3.8, 4) is 0 Å². The van der Waals surface area contributed by atoms with Crippen LogP contribution in [0.1, 0.15) is 40.5 Å². The molecular formula is C11H22O4. The Labute approximate surface area is 91.9 Å². The zero-order chi connectivity index (χ0) is 12.1. The van der Waals surface area contributed by atoms with Gasteiger partial charge < -0.3 is 14.2 Å². The fraction of sp³-hybridized carbons (Fsp3) is 0.909. The summed E-state index contributed by atoms with van der Waals surface area (Å²) >= 11 is 0. The lowest BCUT2D eigenvalue weighted by Gasteiger charge is -2.26. The van der Waals surface area contributed by atoms with Crippen molar-refractivity contribution in [2.45, 2.75) is 51.9 Å². The van der Waals surface area contributed by atoms with Crippen molar-refractivity contribution in [2.24, 2.45) is 0 Å². The van der Waals surface area contributed by atoms with E-state index in [1.54, 1.807) is 21.1 Å².